The van der Waals surface area contributed by atoms with Crippen LogP contribution in [0.4, 0.5) is 0 Å². The first-order valence-corrected chi connectivity index (χ1v) is 5.40. The van der Waals surface area contributed by atoms with Crippen LogP contribution in [0, 0.1) is 16.0 Å². The molecule has 1 amide bonds. The fourth-order valence-corrected chi connectivity index (χ4v) is 1.30. The molecule has 0 N–H and O–H groups in total. The molecule has 0 aromatic carbocycles. The molecular formula is C10H16N2O5. The molecule has 0 aromatic heterocycles. The molecular weight excluding hydrogens is 228 g/mol. The van der Waals surface area contributed by atoms with E-state index in [1.807, 2.05) is 13.8 Å². The zero-order chi connectivity index (χ0) is 13.2. The normalized spacial score (nSPS) is 22.1. The molecule has 1 rings (SSSR count). The van der Waals surface area contributed by atoms with E-state index in [1.54, 1.807) is 7.05 Å². The lowest BCUT2D eigenvalue weighted by Crippen LogP contribution is -2.36. The van der Waals surface area contributed by atoms with Gasteiger partial charge in [-0.05, 0) is 13.8 Å². The van der Waals surface area contributed by atoms with Gasteiger partial charge >= 0.3 is 5.97 Å². The minimum Gasteiger partial charge on any atom is -0.455 e. The van der Waals surface area contributed by atoms with Crippen LogP contribution >= 0.6 is 0 Å². The second-order valence-electron chi connectivity index (χ2n) is 4.40. The van der Waals surface area contributed by atoms with E-state index in [1.165, 1.54) is 4.90 Å². The van der Waals surface area contributed by atoms with Crippen molar-refractivity contribution in [3.63, 3.8) is 0 Å². The molecule has 17 heavy (non-hydrogen) atoms. The van der Waals surface area contributed by atoms with Gasteiger partial charge in [-0.2, -0.15) is 0 Å². The molecule has 2 atom stereocenters. The Morgan fingerprint density at radius 3 is 2.53 bits per heavy atom. The Balaban J connectivity index is 2.30. The Hall–Kier alpha value is -1.66. The third kappa shape index (κ3) is 3.40. The number of amides is 1. The van der Waals surface area contributed by atoms with Crippen LogP contribution in [-0.2, 0) is 14.3 Å². The highest BCUT2D eigenvalue weighted by Gasteiger charge is 2.54. The van der Waals surface area contributed by atoms with Gasteiger partial charge in [-0.3, -0.25) is 19.7 Å². The topological polar surface area (TPSA) is 89.8 Å². The van der Waals surface area contributed by atoms with E-state index in [0.717, 1.165) is 0 Å². The Bertz CT molecular complexity index is 342. The number of esters is 1. The molecule has 0 heterocycles. The van der Waals surface area contributed by atoms with Gasteiger partial charge in [0.05, 0.1) is 0 Å². The average molecular weight is 244 g/mol. The van der Waals surface area contributed by atoms with E-state index < -0.39 is 22.9 Å². The van der Waals surface area contributed by atoms with E-state index in [0.29, 0.717) is 0 Å². The first-order chi connectivity index (χ1) is 7.84. The van der Waals surface area contributed by atoms with Crippen molar-refractivity contribution in [3.8, 4) is 0 Å². The van der Waals surface area contributed by atoms with E-state index in [9.17, 15) is 19.7 Å². The summed E-state index contributed by atoms with van der Waals surface area (Å²) in [5.74, 6) is -1.65. The van der Waals surface area contributed by atoms with Crippen molar-refractivity contribution in [2.45, 2.75) is 32.4 Å². The minimum atomic E-state index is -0.833. The number of nitro groups is 1. The van der Waals surface area contributed by atoms with E-state index in [4.69, 9.17) is 4.74 Å². The first kappa shape index (κ1) is 13.4. The molecule has 1 aliphatic rings. The monoisotopic (exact) mass is 244 g/mol. The number of nitrogens with zero attached hydrogens (tertiary/aromatic N) is 2. The maximum atomic E-state index is 11.5. The van der Waals surface area contributed by atoms with Crippen LogP contribution in [0.2, 0.25) is 0 Å². The number of rotatable bonds is 5. The highest BCUT2D eigenvalue weighted by atomic mass is 16.6. The Kier molecular flexibility index (Phi) is 4.03. The third-order valence-corrected chi connectivity index (χ3v) is 2.84. The highest BCUT2D eigenvalue weighted by molar-refractivity contribution is 5.82. The Morgan fingerprint density at radius 2 is 2.12 bits per heavy atom. The maximum Gasteiger partial charge on any atom is 0.316 e. The van der Waals surface area contributed by atoms with Crippen LogP contribution < -0.4 is 0 Å². The lowest BCUT2D eigenvalue weighted by molar-refractivity contribution is -0.497. The maximum absolute atomic E-state index is 11.5. The number of carbonyl (C=O) groups is 2. The number of carbonyl (C=O) groups excluding carboxylic acids is 2. The standard InChI is InChI=1S/C10H16N2O5/c1-6(2)11(3)9(13)5-17-10(14)7-4-8(7)12(15)16/h6-8H,4-5H2,1-3H3. The molecule has 7 nitrogen and oxygen atoms in total. The van der Waals surface area contributed by atoms with Gasteiger partial charge in [0.1, 0.15) is 5.92 Å². The zero-order valence-electron chi connectivity index (χ0n) is 10.1. The highest BCUT2D eigenvalue weighted by Crippen LogP contribution is 2.33. The zero-order valence-corrected chi connectivity index (χ0v) is 10.1. The minimum absolute atomic E-state index is 0.0219. The van der Waals surface area contributed by atoms with Crippen LogP contribution in [0.15, 0.2) is 0 Å². The molecule has 0 aliphatic heterocycles. The number of likely N-dealkylation sites (N-methyl/N-ethyl adjacent to an activating group) is 1. The molecule has 0 radical (unpaired) electrons. The molecule has 1 saturated carbocycles. The number of ether oxygens (including phenoxy) is 1. The molecule has 0 spiro atoms. The summed E-state index contributed by atoms with van der Waals surface area (Å²) in [6.45, 7) is 3.32. The van der Waals surface area contributed by atoms with Gasteiger partial charge in [0.15, 0.2) is 6.61 Å². The van der Waals surface area contributed by atoms with Crippen molar-refractivity contribution >= 4 is 11.9 Å². The smallest absolute Gasteiger partial charge is 0.316 e. The first-order valence-electron chi connectivity index (χ1n) is 5.40. The summed E-state index contributed by atoms with van der Waals surface area (Å²) < 4.78 is 4.74. The van der Waals surface area contributed by atoms with Crippen LogP contribution in [0.5, 0.6) is 0 Å². The van der Waals surface area contributed by atoms with Crippen LogP contribution in [-0.4, -0.2) is 47.4 Å². The summed E-state index contributed by atoms with van der Waals surface area (Å²) >= 11 is 0. The van der Waals surface area contributed by atoms with Crippen molar-refractivity contribution in [1.82, 2.24) is 4.90 Å². The van der Waals surface area contributed by atoms with Crippen molar-refractivity contribution in [1.29, 1.82) is 0 Å². The number of hydrogen-bond donors (Lipinski definition) is 0. The van der Waals surface area contributed by atoms with Gasteiger partial charge < -0.3 is 9.64 Å². The van der Waals surface area contributed by atoms with Crippen LogP contribution in [0.25, 0.3) is 0 Å². The molecule has 0 bridgehead atoms. The second-order valence-corrected chi connectivity index (χ2v) is 4.40. The van der Waals surface area contributed by atoms with Gasteiger partial charge in [0, 0.05) is 24.4 Å². The average Bonchev–Trinajstić information content (AvgIpc) is 3.03. The molecule has 96 valence electrons. The predicted molar refractivity (Wildman–Crippen MR) is 57.8 cm³/mol. The molecule has 7 heteroatoms. The summed E-state index contributed by atoms with van der Waals surface area (Å²) in [6.07, 6.45) is 0.208. The Morgan fingerprint density at radius 1 is 1.53 bits per heavy atom. The lowest BCUT2D eigenvalue weighted by Gasteiger charge is -2.20. The molecule has 2 unspecified atom stereocenters. The van der Waals surface area contributed by atoms with Crippen LogP contribution in [0.1, 0.15) is 20.3 Å². The molecule has 0 aromatic rings. The summed E-state index contributed by atoms with van der Waals surface area (Å²) in [5, 5.41) is 10.3. The van der Waals surface area contributed by atoms with Gasteiger partial charge in [-0.1, -0.05) is 0 Å². The quantitative estimate of drug-likeness (QED) is 0.387. The van der Waals surface area contributed by atoms with Crippen molar-refractivity contribution in [3.05, 3.63) is 10.1 Å². The largest absolute Gasteiger partial charge is 0.455 e. The fourth-order valence-electron chi connectivity index (χ4n) is 1.30. The molecule has 1 fully saturated rings. The third-order valence-electron chi connectivity index (χ3n) is 2.84. The summed E-state index contributed by atoms with van der Waals surface area (Å²) in [7, 11) is 1.61. The van der Waals surface area contributed by atoms with Crippen molar-refractivity contribution in [2.24, 2.45) is 5.92 Å². The molecule has 1 aliphatic carbocycles. The van der Waals surface area contributed by atoms with E-state index >= 15 is 0 Å². The van der Waals surface area contributed by atoms with Crippen molar-refractivity contribution in [2.75, 3.05) is 13.7 Å². The predicted octanol–water partition coefficient (Wildman–Crippen LogP) is 0.0616. The van der Waals surface area contributed by atoms with Gasteiger partial charge in [-0.15, -0.1) is 0 Å². The summed E-state index contributed by atoms with van der Waals surface area (Å²) in [4.78, 5) is 34.1. The Labute approximate surface area is 98.9 Å². The fraction of sp³-hybridized carbons (Fsp3) is 0.800. The second kappa shape index (κ2) is 5.11. The van der Waals surface area contributed by atoms with Gasteiger partial charge in [0.2, 0.25) is 6.04 Å². The lowest BCUT2D eigenvalue weighted by atomic mass is 10.3. The number of hydrogen-bond acceptors (Lipinski definition) is 5. The summed E-state index contributed by atoms with van der Waals surface area (Å²) in [6, 6.07) is -0.811. The molecule has 0 saturated heterocycles. The SMILES string of the molecule is CC(C)N(C)C(=O)COC(=O)C1CC1[N+](=O)[O-]. The summed E-state index contributed by atoms with van der Waals surface area (Å²) in [5.41, 5.74) is 0. The van der Waals surface area contributed by atoms with Crippen LogP contribution in [0.3, 0.4) is 0 Å². The van der Waals surface area contributed by atoms with E-state index in [2.05, 4.69) is 0 Å². The van der Waals surface area contributed by atoms with Gasteiger partial charge in [-0.25, -0.2) is 0 Å². The van der Waals surface area contributed by atoms with Gasteiger partial charge in [0.25, 0.3) is 5.91 Å². The van der Waals surface area contributed by atoms with Crippen molar-refractivity contribution < 1.29 is 19.2 Å². The van der Waals surface area contributed by atoms with E-state index in [-0.39, 0.29) is 25.0 Å².